The van der Waals surface area contributed by atoms with Gasteiger partial charge in [0.2, 0.25) is 0 Å². The first kappa shape index (κ1) is 14.2. The van der Waals surface area contributed by atoms with Crippen LogP contribution in [0.1, 0.15) is 27.7 Å². The third-order valence-electron chi connectivity index (χ3n) is 2.56. The summed E-state index contributed by atoms with van der Waals surface area (Å²) >= 11 is 6.12. The molecule has 0 aliphatic carbocycles. The molecule has 0 heterocycles. The standard InChI is InChI=1S/C11H25ClN2/c1-5-14(6-2)8-7-13-9-11(12)10(3)4/h10-11,13H,5-9H2,1-4H3. The molecule has 0 spiro atoms. The SMILES string of the molecule is CCN(CC)CCNCC(Cl)C(C)C. The van der Waals surface area contributed by atoms with Crippen molar-refractivity contribution in [2.24, 2.45) is 5.92 Å². The molecule has 14 heavy (non-hydrogen) atoms. The third kappa shape index (κ3) is 6.63. The number of halogens is 1. The normalized spacial score (nSPS) is 13.9. The molecule has 0 aromatic carbocycles. The number of nitrogens with zero attached hydrogens (tertiary/aromatic N) is 1. The lowest BCUT2D eigenvalue weighted by Gasteiger charge is -2.19. The minimum atomic E-state index is 0.256. The Kier molecular flexibility index (Phi) is 8.64. The Bertz CT molecular complexity index is 120. The van der Waals surface area contributed by atoms with Crippen molar-refractivity contribution in [2.45, 2.75) is 33.1 Å². The van der Waals surface area contributed by atoms with Gasteiger partial charge in [-0.15, -0.1) is 11.6 Å². The molecule has 1 N–H and O–H groups in total. The molecule has 1 unspecified atom stereocenters. The van der Waals surface area contributed by atoms with Crippen molar-refractivity contribution in [1.29, 1.82) is 0 Å². The zero-order valence-electron chi connectivity index (χ0n) is 10.0. The Hall–Kier alpha value is 0.210. The van der Waals surface area contributed by atoms with Gasteiger partial charge in [0.05, 0.1) is 0 Å². The van der Waals surface area contributed by atoms with E-state index in [0.717, 1.165) is 32.7 Å². The van der Waals surface area contributed by atoms with Gasteiger partial charge in [0.1, 0.15) is 0 Å². The highest BCUT2D eigenvalue weighted by atomic mass is 35.5. The monoisotopic (exact) mass is 220 g/mol. The van der Waals surface area contributed by atoms with Crippen molar-refractivity contribution in [1.82, 2.24) is 10.2 Å². The molecule has 0 fully saturated rings. The molecule has 0 amide bonds. The highest BCUT2D eigenvalue weighted by Crippen LogP contribution is 2.07. The molecule has 0 aliphatic heterocycles. The lowest BCUT2D eigenvalue weighted by Crippen LogP contribution is -2.35. The topological polar surface area (TPSA) is 15.3 Å². The summed E-state index contributed by atoms with van der Waals surface area (Å²) in [7, 11) is 0. The van der Waals surface area contributed by atoms with E-state index in [1.54, 1.807) is 0 Å². The molecule has 0 aliphatic rings. The zero-order valence-corrected chi connectivity index (χ0v) is 10.8. The molecular weight excluding hydrogens is 196 g/mol. The van der Waals surface area contributed by atoms with Crippen molar-refractivity contribution in [3.8, 4) is 0 Å². The van der Waals surface area contributed by atoms with Gasteiger partial charge in [0.25, 0.3) is 0 Å². The fourth-order valence-electron chi connectivity index (χ4n) is 1.25. The van der Waals surface area contributed by atoms with Crippen molar-refractivity contribution in [2.75, 3.05) is 32.7 Å². The van der Waals surface area contributed by atoms with Crippen LogP contribution in [0.15, 0.2) is 0 Å². The van der Waals surface area contributed by atoms with Crippen LogP contribution in [0.5, 0.6) is 0 Å². The van der Waals surface area contributed by atoms with Gasteiger partial charge in [0, 0.05) is 25.0 Å². The van der Waals surface area contributed by atoms with Gasteiger partial charge >= 0.3 is 0 Å². The second kappa shape index (κ2) is 8.51. The minimum Gasteiger partial charge on any atom is -0.314 e. The van der Waals surface area contributed by atoms with Gasteiger partial charge in [-0.1, -0.05) is 27.7 Å². The summed E-state index contributed by atoms with van der Waals surface area (Å²) in [5, 5.41) is 3.65. The summed E-state index contributed by atoms with van der Waals surface area (Å²) in [6.07, 6.45) is 0. The van der Waals surface area contributed by atoms with E-state index in [1.165, 1.54) is 0 Å². The molecular formula is C11H25ClN2. The summed E-state index contributed by atoms with van der Waals surface area (Å²) in [5.74, 6) is 0.553. The molecule has 0 saturated carbocycles. The first-order valence-electron chi connectivity index (χ1n) is 5.68. The Morgan fingerprint density at radius 3 is 2.21 bits per heavy atom. The highest BCUT2D eigenvalue weighted by Gasteiger charge is 2.08. The molecule has 0 rings (SSSR count). The molecule has 0 aromatic heterocycles. The van der Waals surface area contributed by atoms with Crippen molar-refractivity contribution in [3.05, 3.63) is 0 Å². The number of hydrogen-bond donors (Lipinski definition) is 1. The van der Waals surface area contributed by atoms with E-state index >= 15 is 0 Å². The van der Waals surface area contributed by atoms with Crippen LogP contribution >= 0.6 is 11.6 Å². The molecule has 0 saturated heterocycles. The summed E-state index contributed by atoms with van der Waals surface area (Å²) in [6.45, 7) is 14.0. The fourth-order valence-corrected chi connectivity index (χ4v) is 1.36. The number of hydrogen-bond acceptors (Lipinski definition) is 2. The van der Waals surface area contributed by atoms with E-state index < -0.39 is 0 Å². The number of likely N-dealkylation sites (N-methyl/N-ethyl adjacent to an activating group) is 1. The van der Waals surface area contributed by atoms with E-state index in [0.29, 0.717) is 5.92 Å². The lowest BCUT2D eigenvalue weighted by molar-refractivity contribution is 0.301. The van der Waals surface area contributed by atoms with Crippen molar-refractivity contribution >= 4 is 11.6 Å². The van der Waals surface area contributed by atoms with Gasteiger partial charge in [-0.2, -0.15) is 0 Å². The summed E-state index contributed by atoms with van der Waals surface area (Å²) in [4.78, 5) is 2.41. The predicted molar refractivity (Wildman–Crippen MR) is 65.1 cm³/mol. The summed E-state index contributed by atoms with van der Waals surface area (Å²) in [5.41, 5.74) is 0. The maximum absolute atomic E-state index is 6.12. The van der Waals surface area contributed by atoms with Gasteiger partial charge < -0.3 is 10.2 Å². The Morgan fingerprint density at radius 2 is 1.79 bits per heavy atom. The third-order valence-corrected chi connectivity index (χ3v) is 3.22. The average Bonchev–Trinajstić information content (AvgIpc) is 2.17. The predicted octanol–water partition coefficient (Wildman–Crippen LogP) is 2.18. The van der Waals surface area contributed by atoms with E-state index in [1.807, 2.05) is 0 Å². The van der Waals surface area contributed by atoms with Crippen molar-refractivity contribution < 1.29 is 0 Å². The summed E-state index contributed by atoms with van der Waals surface area (Å²) < 4.78 is 0. The summed E-state index contributed by atoms with van der Waals surface area (Å²) in [6, 6.07) is 0. The van der Waals surface area contributed by atoms with Crippen LogP contribution in [-0.4, -0.2) is 43.0 Å². The van der Waals surface area contributed by atoms with Crippen LogP contribution in [0.25, 0.3) is 0 Å². The number of alkyl halides is 1. The van der Waals surface area contributed by atoms with Crippen LogP contribution < -0.4 is 5.32 Å². The van der Waals surface area contributed by atoms with Crippen LogP contribution in [0.4, 0.5) is 0 Å². The largest absolute Gasteiger partial charge is 0.314 e. The fraction of sp³-hybridized carbons (Fsp3) is 1.00. The lowest BCUT2D eigenvalue weighted by atomic mass is 10.1. The van der Waals surface area contributed by atoms with Gasteiger partial charge in [0.15, 0.2) is 0 Å². The number of rotatable bonds is 8. The first-order chi connectivity index (χ1) is 6.61. The Labute approximate surface area is 94.0 Å². The van der Waals surface area contributed by atoms with E-state index in [-0.39, 0.29) is 5.38 Å². The first-order valence-corrected chi connectivity index (χ1v) is 6.12. The molecule has 1 atom stereocenters. The van der Waals surface area contributed by atoms with Gasteiger partial charge in [-0.05, 0) is 19.0 Å². The van der Waals surface area contributed by atoms with Gasteiger partial charge in [-0.3, -0.25) is 0 Å². The Morgan fingerprint density at radius 1 is 1.21 bits per heavy atom. The van der Waals surface area contributed by atoms with E-state index in [2.05, 4.69) is 37.9 Å². The second-order valence-corrected chi connectivity index (χ2v) is 4.55. The molecule has 2 nitrogen and oxygen atoms in total. The zero-order chi connectivity index (χ0) is 11.0. The molecule has 86 valence electrons. The maximum atomic E-state index is 6.12. The molecule has 0 radical (unpaired) electrons. The second-order valence-electron chi connectivity index (χ2n) is 3.99. The quantitative estimate of drug-likeness (QED) is 0.499. The molecule has 0 aromatic rings. The van der Waals surface area contributed by atoms with Crippen LogP contribution in [0, 0.1) is 5.92 Å². The number of nitrogens with one attached hydrogen (secondary N) is 1. The van der Waals surface area contributed by atoms with E-state index in [9.17, 15) is 0 Å². The Balaban J connectivity index is 3.36. The highest BCUT2D eigenvalue weighted by molar-refractivity contribution is 6.20. The minimum absolute atomic E-state index is 0.256. The maximum Gasteiger partial charge on any atom is 0.0483 e. The van der Waals surface area contributed by atoms with Gasteiger partial charge in [-0.25, -0.2) is 0 Å². The molecule has 0 bridgehead atoms. The average molecular weight is 221 g/mol. The van der Waals surface area contributed by atoms with Crippen LogP contribution in [-0.2, 0) is 0 Å². The van der Waals surface area contributed by atoms with Crippen LogP contribution in [0.3, 0.4) is 0 Å². The van der Waals surface area contributed by atoms with Crippen LogP contribution in [0.2, 0.25) is 0 Å². The smallest absolute Gasteiger partial charge is 0.0483 e. The van der Waals surface area contributed by atoms with Crippen molar-refractivity contribution in [3.63, 3.8) is 0 Å². The van der Waals surface area contributed by atoms with E-state index in [4.69, 9.17) is 11.6 Å². The molecule has 3 heteroatoms.